The van der Waals surface area contributed by atoms with Gasteiger partial charge in [-0.2, -0.15) is 0 Å². The van der Waals surface area contributed by atoms with Crippen LogP contribution in [0.3, 0.4) is 0 Å². The minimum atomic E-state index is -1.50. The summed E-state index contributed by atoms with van der Waals surface area (Å²) in [4.78, 5) is 10.9. The van der Waals surface area contributed by atoms with Gasteiger partial charge in [-0.05, 0) is 26.1 Å². The minimum Gasteiger partial charge on any atom is -0.461 e. The molecular formula is C9H18O3Si2. The first kappa shape index (κ1) is 13.6. The molecule has 0 bridgehead atoms. The molecule has 2 radical (unpaired) electrons. The van der Waals surface area contributed by atoms with Crippen LogP contribution >= 0.6 is 0 Å². The van der Waals surface area contributed by atoms with Crippen molar-refractivity contribution in [3.05, 3.63) is 12.7 Å². The molecule has 0 saturated carbocycles. The third kappa shape index (κ3) is 7.05. The molecule has 0 aliphatic heterocycles. The molecule has 0 N–H and O–H groups in total. The molecular weight excluding hydrogens is 212 g/mol. The lowest BCUT2D eigenvalue weighted by molar-refractivity contribution is -0.139. The largest absolute Gasteiger partial charge is 0.461 e. The van der Waals surface area contributed by atoms with Crippen molar-refractivity contribution in [2.24, 2.45) is 0 Å². The van der Waals surface area contributed by atoms with E-state index in [1.54, 1.807) is 0 Å². The summed E-state index contributed by atoms with van der Waals surface area (Å²) in [7, 11) is -1.26. The Hall–Kier alpha value is -0.396. The standard InChI is InChI=1S/C9H18O3Si2/c1-6-8(10)11-9(7-2)13-12-14(3,4)5/h6,9H,1,7H2,2-5H3. The second-order valence-corrected chi connectivity index (χ2v) is 9.79. The quantitative estimate of drug-likeness (QED) is 0.397. The average Bonchev–Trinajstić information content (AvgIpc) is 2.10. The molecule has 1 atom stereocenters. The van der Waals surface area contributed by atoms with Crippen molar-refractivity contribution in [1.29, 1.82) is 0 Å². The van der Waals surface area contributed by atoms with Gasteiger partial charge in [-0.3, -0.25) is 0 Å². The maximum Gasteiger partial charge on any atom is 0.330 e. The van der Waals surface area contributed by atoms with Gasteiger partial charge in [-0.25, -0.2) is 4.79 Å². The van der Waals surface area contributed by atoms with Gasteiger partial charge in [0.05, 0.1) is 0 Å². The second kappa shape index (κ2) is 6.16. The monoisotopic (exact) mass is 230 g/mol. The predicted octanol–water partition coefficient (Wildman–Crippen LogP) is 1.92. The first-order chi connectivity index (χ1) is 6.39. The lowest BCUT2D eigenvalue weighted by Gasteiger charge is -2.20. The van der Waals surface area contributed by atoms with E-state index in [1.165, 1.54) is 6.08 Å². The van der Waals surface area contributed by atoms with E-state index in [9.17, 15) is 4.79 Å². The highest BCUT2D eigenvalue weighted by Gasteiger charge is 2.20. The molecule has 5 heteroatoms. The Kier molecular flexibility index (Phi) is 5.98. The van der Waals surface area contributed by atoms with Crippen LogP contribution in [0.15, 0.2) is 12.7 Å². The highest BCUT2D eigenvalue weighted by Crippen LogP contribution is 2.05. The van der Waals surface area contributed by atoms with Gasteiger partial charge in [-0.1, -0.05) is 13.5 Å². The fraction of sp³-hybridized carbons (Fsp3) is 0.667. The molecule has 0 spiro atoms. The van der Waals surface area contributed by atoms with Gasteiger partial charge in [0.2, 0.25) is 0 Å². The number of hydrogen-bond acceptors (Lipinski definition) is 3. The Labute approximate surface area is 89.6 Å². The summed E-state index contributed by atoms with van der Waals surface area (Å²) in [6.07, 6.45) is 1.96. The number of carbonyl (C=O) groups is 1. The molecule has 0 aromatic carbocycles. The van der Waals surface area contributed by atoms with Gasteiger partial charge in [0.1, 0.15) is 5.73 Å². The lowest BCUT2D eigenvalue weighted by Crippen LogP contribution is -2.34. The highest BCUT2D eigenvalue weighted by molar-refractivity contribution is 6.74. The smallest absolute Gasteiger partial charge is 0.330 e. The topological polar surface area (TPSA) is 35.5 Å². The van der Waals surface area contributed by atoms with E-state index in [0.29, 0.717) is 0 Å². The number of ether oxygens (including phenoxy) is 1. The van der Waals surface area contributed by atoms with Crippen molar-refractivity contribution >= 4 is 24.0 Å². The highest BCUT2D eigenvalue weighted by atomic mass is 28.4. The molecule has 0 aromatic heterocycles. The Balaban J connectivity index is 3.91. The minimum absolute atomic E-state index is 0.118. The van der Waals surface area contributed by atoms with Crippen molar-refractivity contribution in [3.63, 3.8) is 0 Å². The van der Waals surface area contributed by atoms with Gasteiger partial charge >= 0.3 is 5.97 Å². The van der Waals surface area contributed by atoms with Crippen molar-refractivity contribution in [1.82, 2.24) is 0 Å². The first-order valence-corrected chi connectivity index (χ1v) is 9.05. The van der Waals surface area contributed by atoms with Crippen molar-refractivity contribution in [3.8, 4) is 0 Å². The van der Waals surface area contributed by atoms with E-state index < -0.39 is 8.32 Å². The molecule has 0 heterocycles. The molecule has 0 aromatic rings. The van der Waals surface area contributed by atoms with Crippen LogP contribution in [0.4, 0.5) is 0 Å². The summed E-state index contributed by atoms with van der Waals surface area (Å²) >= 11 is 0. The van der Waals surface area contributed by atoms with Gasteiger partial charge in [0.25, 0.3) is 9.76 Å². The first-order valence-electron chi connectivity index (χ1n) is 4.65. The van der Waals surface area contributed by atoms with E-state index >= 15 is 0 Å². The van der Waals surface area contributed by atoms with Crippen LogP contribution in [-0.4, -0.2) is 29.8 Å². The van der Waals surface area contributed by atoms with Crippen LogP contribution in [0.25, 0.3) is 0 Å². The summed E-state index contributed by atoms with van der Waals surface area (Å²) in [6.45, 7) is 11.7. The summed E-state index contributed by atoms with van der Waals surface area (Å²) in [5.41, 5.74) is -0.118. The van der Waals surface area contributed by atoms with Crippen molar-refractivity contribution in [2.75, 3.05) is 0 Å². The Morgan fingerprint density at radius 1 is 1.57 bits per heavy atom. The Morgan fingerprint density at radius 2 is 2.14 bits per heavy atom. The summed E-state index contributed by atoms with van der Waals surface area (Å²) in [6, 6.07) is 0. The van der Waals surface area contributed by atoms with E-state index in [-0.39, 0.29) is 21.5 Å². The molecule has 14 heavy (non-hydrogen) atoms. The second-order valence-electron chi connectivity index (χ2n) is 3.87. The Morgan fingerprint density at radius 3 is 2.50 bits per heavy atom. The third-order valence-corrected chi connectivity index (χ3v) is 5.00. The molecule has 0 aliphatic carbocycles. The van der Waals surface area contributed by atoms with Crippen LogP contribution < -0.4 is 0 Å². The average molecular weight is 230 g/mol. The molecule has 80 valence electrons. The van der Waals surface area contributed by atoms with Gasteiger partial charge < -0.3 is 8.85 Å². The summed E-state index contributed by atoms with van der Waals surface area (Å²) in [5.74, 6) is -0.372. The van der Waals surface area contributed by atoms with Crippen LogP contribution in [0.5, 0.6) is 0 Å². The molecule has 0 fully saturated rings. The fourth-order valence-corrected chi connectivity index (χ4v) is 2.89. The molecule has 3 nitrogen and oxygen atoms in total. The van der Waals surface area contributed by atoms with Crippen molar-refractivity contribution in [2.45, 2.75) is 38.7 Å². The van der Waals surface area contributed by atoms with E-state index in [2.05, 4.69) is 26.2 Å². The maximum absolute atomic E-state index is 10.9. The zero-order chi connectivity index (χ0) is 11.2. The van der Waals surface area contributed by atoms with Gasteiger partial charge in [0, 0.05) is 6.08 Å². The lowest BCUT2D eigenvalue weighted by atomic mass is 10.5. The maximum atomic E-state index is 10.9. The van der Waals surface area contributed by atoms with Crippen molar-refractivity contribution < 1.29 is 13.6 Å². The number of carbonyl (C=O) groups excluding carboxylic acids is 1. The summed E-state index contributed by atoms with van der Waals surface area (Å²) < 4.78 is 10.8. The van der Waals surface area contributed by atoms with Crippen LogP contribution in [0, 0.1) is 0 Å². The van der Waals surface area contributed by atoms with Gasteiger partial charge in [0.15, 0.2) is 8.32 Å². The number of esters is 1. The van der Waals surface area contributed by atoms with E-state index in [0.717, 1.165) is 6.42 Å². The fourth-order valence-electron chi connectivity index (χ4n) is 0.622. The molecule has 1 unspecified atom stereocenters. The molecule has 0 rings (SSSR count). The number of hydrogen-bond donors (Lipinski definition) is 0. The molecule has 0 saturated heterocycles. The van der Waals surface area contributed by atoms with Crippen LogP contribution in [-0.2, 0) is 13.6 Å². The third-order valence-electron chi connectivity index (χ3n) is 1.29. The zero-order valence-corrected chi connectivity index (χ0v) is 11.3. The number of rotatable bonds is 6. The SMILES string of the molecule is C=CC(=O)OC(CC)[Si]O[Si](C)(C)C. The Bertz CT molecular complexity index is 199. The van der Waals surface area contributed by atoms with Crippen LogP contribution in [0.1, 0.15) is 13.3 Å². The zero-order valence-electron chi connectivity index (χ0n) is 9.29. The summed E-state index contributed by atoms with van der Waals surface area (Å²) in [5, 5.41) is 0. The molecule has 0 aliphatic rings. The predicted molar refractivity (Wildman–Crippen MR) is 60.6 cm³/mol. The van der Waals surface area contributed by atoms with E-state index in [4.69, 9.17) is 8.85 Å². The molecule has 0 amide bonds. The van der Waals surface area contributed by atoms with Gasteiger partial charge in [-0.15, -0.1) is 0 Å². The van der Waals surface area contributed by atoms with Crippen LogP contribution in [0.2, 0.25) is 19.6 Å². The van der Waals surface area contributed by atoms with E-state index in [1.807, 2.05) is 6.92 Å². The normalized spacial score (nSPS) is 13.4.